The number of nitrogen functional groups attached to an aromatic ring is 1. The van der Waals surface area contributed by atoms with Crippen molar-refractivity contribution in [2.75, 3.05) is 35.7 Å². The van der Waals surface area contributed by atoms with Crippen LogP contribution in [0.15, 0.2) is 24.3 Å². The van der Waals surface area contributed by atoms with E-state index in [1.165, 1.54) is 23.6 Å². The molecule has 0 heterocycles. The second kappa shape index (κ2) is 6.62. The lowest BCUT2D eigenvalue weighted by molar-refractivity contribution is 0.860. The Bertz CT molecular complexity index is 271. The van der Waals surface area contributed by atoms with E-state index in [0.29, 0.717) is 0 Å². The van der Waals surface area contributed by atoms with Gasteiger partial charge in [0.05, 0.1) is 0 Å². The lowest BCUT2D eigenvalue weighted by Gasteiger charge is -2.19. The van der Waals surface area contributed by atoms with Crippen LogP contribution in [-0.4, -0.2) is 25.1 Å². The molecular weight excluding hydrogens is 204 g/mol. The maximum absolute atomic E-state index is 5.64. The third kappa shape index (κ3) is 4.47. The van der Waals surface area contributed by atoms with E-state index >= 15 is 0 Å². The van der Waals surface area contributed by atoms with Crippen molar-refractivity contribution >= 4 is 23.1 Å². The van der Waals surface area contributed by atoms with Crippen LogP contribution in [0.3, 0.4) is 0 Å². The van der Waals surface area contributed by atoms with Gasteiger partial charge >= 0.3 is 0 Å². The summed E-state index contributed by atoms with van der Waals surface area (Å²) in [5.74, 6) is 2.46. The van der Waals surface area contributed by atoms with Gasteiger partial charge in [0.2, 0.25) is 0 Å². The van der Waals surface area contributed by atoms with Gasteiger partial charge in [-0.3, -0.25) is 0 Å². The van der Waals surface area contributed by atoms with Gasteiger partial charge in [0, 0.05) is 25.0 Å². The molecule has 0 fully saturated rings. The van der Waals surface area contributed by atoms with E-state index < -0.39 is 0 Å². The summed E-state index contributed by atoms with van der Waals surface area (Å²) < 4.78 is 0. The van der Waals surface area contributed by atoms with Crippen LogP contribution in [0.25, 0.3) is 0 Å². The Labute approximate surface area is 96.8 Å². The standard InChI is InChI=1S/C12H20N2S/c1-3-15-10-4-9-14(2)12-7-5-11(13)6-8-12/h5-8H,3-4,9-10,13H2,1-2H3. The fraction of sp³-hybridized carbons (Fsp3) is 0.500. The minimum atomic E-state index is 0.827. The van der Waals surface area contributed by atoms with E-state index in [9.17, 15) is 0 Å². The molecule has 0 saturated carbocycles. The average molecular weight is 224 g/mol. The van der Waals surface area contributed by atoms with Crippen LogP contribution >= 0.6 is 11.8 Å². The van der Waals surface area contributed by atoms with Crippen molar-refractivity contribution in [2.45, 2.75) is 13.3 Å². The second-order valence-corrected chi connectivity index (χ2v) is 4.96. The van der Waals surface area contributed by atoms with Gasteiger partial charge in [-0.15, -0.1) is 0 Å². The van der Waals surface area contributed by atoms with Gasteiger partial charge in [0.15, 0.2) is 0 Å². The molecule has 3 heteroatoms. The predicted octanol–water partition coefficient (Wildman–Crippen LogP) is 2.85. The molecule has 0 aliphatic carbocycles. The SMILES string of the molecule is CCSCCCN(C)c1ccc(N)cc1. The van der Waals surface area contributed by atoms with E-state index in [1.54, 1.807) is 0 Å². The van der Waals surface area contributed by atoms with Crippen LogP contribution in [-0.2, 0) is 0 Å². The second-order valence-electron chi connectivity index (χ2n) is 3.56. The van der Waals surface area contributed by atoms with Crippen LogP contribution in [0.5, 0.6) is 0 Å². The molecular formula is C12H20N2S. The van der Waals surface area contributed by atoms with Crippen molar-refractivity contribution in [1.82, 2.24) is 0 Å². The molecule has 0 bridgehead atoms. The van der Waals surface area contributed by atoms with Crippen LogP contribution in [0.2, 0.25) is 0 Å². The molecule has 0 saturated heterocycles. The van der Waals surface area contributed by atoms with Gasteiger partial charge in [0.25, 0.3) is 0 Å². The molecule has 0 aliphatic rings. The molecule has 1 rings (SSSR count). The summed E-state index contributed by atoms with van der Waals surface area (Å²) in [7, 11) is 2.13. The molecule has 0 spiro atoms. The van der Waals surface area contributed by atoms with Crippen molar-refractivity contribution in [3.63, 3.8) is 0 Å². The van der Waals surface area contributed by atoms with E-state index in [0.717, 1.165) is 12.2 Å². The van der Waals surface area contributed by atoms with Crippen molar-refractivity contribution in [2.24, 2.45) is 0 Å². The van der Waals surface area contributed by atoms with Crippen LogP contribution < -0.4 is 10.6 Å². The number of rotatable bonds is 6. The molecule has 2 N–H and O–H groups in total. The highest BCUT2D eigenvalue weighted by atomic mass is 32.2. The lowest BCUT2D eigenvalue weighted by atomic mass is 10.2. The Morgan fingerprint density at radius 2 is 1.93 bits per heavy atom. The average Bonchev–Trinajstić information content (AvgIpc) is 2.25. The third-order valence-corrected chi connectivity index (χ3v) is 3.31. The Morgan fingerprint density at radius 1 is 1.27 bits per heavy atom. The van der Waals surface area contributed by atoms with Gasteiger partial charge in [-0.1, -0.05) is 6.92 Å². The third-order valence-electron chi connectivity index (χ3n) is 2.32. The zero-order chi connectivity index (χ0) is 11.1. The Hall–Kier alpha value is -0.830. The van der Waals surface area contributed by atoms with Crippen LogP contribution in [0.1, 0.15) is 13.3 Å². The molecule has 1 aromatic carbocycles. The summed E-state index contributed by atoms with van der Waals surface area (Å²) in [6.45, 7) is 3.31. The van der Waals surface area contributed by atoms with Crippen molar-refractivity contribution in [3.05, 3.63) is 24.3 Å². The highest BCUT2D eigenvalue weighted by Crippen LogP contribution is 2.15. The monoisotopic (exact) mass is 224 g/mol. The highest BCUT2D eigenvalue weighted by molar-refractivity contribution is 7.99. The fourth-order valence-corrected chi connectivity index (χ4v) is 2.03. The first-order valence-corrected chi connectivity index (χ1v) is 6.54. The van der Waals surface area contributed by atoms with Crippen molar-refractivity contribution < 1.29 is 0 Å². The lowest BCUT2D eigenvalue weighted by Crippen LogP contribution is -2.18. The first kappa shape index (κ1) is 12.2. The minimum absolute atomic E-state index is 0.827. The van der Waals surface area contributed by atoms with Gasteiger partial charge < -0.3 is 10.6 Å². The van der Waals surface area contributed by atoms with Crippen LogP contribution in [0, 0.1) is 0 Å². The summed E-state index contributed by atoms with van der Waals surface area (Å²) in [6.07, 6.45) is 1.24. The molecule has 0 radical (unpaired) electrons. The Balaban J connectivity index is 2.33. The van der Waals surface area contributed by atoms with E-state index in [1.807, 2.05) is 23.9 Å². The van der Waals surface area contributed by atoms with Gasteiger partial charge in [0.1, 0.15) is 0 Å². The maximum Gasteiger partial charge on any atom is 0.0365 e. The van der Waals surface area contributed by atoms with Gasteiger partial charge in [-0.05, 0) is 42.2 Å². The Kier molecular flexibility index (Phi) is 5.40. The zero-order valence-corrected chi connectivity index (χ0v) is 10.4. The normalized spacial score (nSPS) is 10.3. The first-order valence-electron chi connectivity index (χ1n) is 5.38. The molecule has 84 valence electrons. The number of hydrogen-bond acceptors (Lipinski definition) is 3. The number of nitrogens with zero attached hydrogens (tertiary/aromatic N) is 1. The summed E-state index contributed by atoms with van der Waals surface area (Å²) in [4.78, 5) is 2.27. The zero-order valence-electron chi connectivity index (χ0n) is 9.57. The number of thioether (sulfide) groups is 1. The molecule has 0 aromatic heterocycles. The predicted molar refractivity (Wildman–Crippen MR) is 71.7 cm³/mol. The first-order chi connectivity index (χ1) is 7.24. The molecule has 0 aliphatic heterocycles. The number of anilines is 2. The largest absolute Gasteiger partial charge is 0.399 e. The smallest absolute Gasteiger partial charge is 0.0365 e. The highest BCUT2D eigenvalue weighted by Gasteiger charge is 1.99. The van der Waals surface area contributed by atoms with Crippen LogP contribution in [0.4, 0.5) is 11.4 Å². The van der Waals surface area contributed by atoms with Crippen molar-refractivity contribution in [3.8, 4) is 0 Å². The molecule has 1 aromatic rings. The van der Waals surface area contributed by atoms with Crippen molar-refractivity contribution in [1.29, 1.82) is 0 Å². The number of hydrogen-bond donors (Lipinski definition) is 1. The molecule has 0 amide bonds. The topological polar surface area (TPSA) is 29.3 Å². The number of nitrogens with two attached hydrogens (primary N) is 1. The fourth-order valence-electron chi connectivity index (χ4n) is 1.41. The Morgan fingerprint density at radius 3 is 2.53 bits per heavy atom. The number of benzene rings is 1. The summed E-state index contributed by atoms with van der Waals surface area (Å²) in [5.41, 5.74) is 7.71. The molecule has 0 atom stereocenters. The summed E-state index contributed by atoms with van der Waals surface area (Å²) >= 11 is 2.00. The summed E-state index contributed by atoms with van der Waals surface area (Å²) in [6, 6.07) is 8.05. The van der Waals surface area contributed by atoms with E-state index in [-0.39, 0.29) is 0 Å². The van der Waals surface area contributed by atoms with Gasteiger partial charge in [-0.25, -0.2) is 0 Å². The molecule has 0 unspecified atom stereocenters. The van der Waals surface area contributed by atoms with Gasteiger partial charge in [-0.2, -0.15) is 11.8 Å². The quantitative estimate of drug-likeness (QED) is 0.595. The maximum atomic E-state index is 5.64. The summed E-state index contributed by atoms with van der Waals surface area (Å²) in [5, 5.41) is 0. The minimum Gasteiger partial charge on any atom is -0.399 e. The van der Waals surface area contributed by atoms with E-state index in [2.05, 4.69) is 31.0 Å². The molecule has 2 nitrogen and oxygen atoms in total. The van der Waals surface area contributed by atoms with E-state index in [4.69, 9.17) is 5.73 Å². The molecule has 15 heavy (non-hydrogen) atoms.